The molecule has 96 valence electrons. The Morgan fingerprint density at radius 2 is 1.94 bits per heavy atom. The number of ether oxygens (including phenoxy) is 1. The Balaban J connectivity index is 2.50. The number of unbranched alkanes of at least 4 members (excludes halogenated alkanes) is 2. The molecule has 5 nitrogen and oxygen atoms in total. The van der Waals surface area contributed by atoms with Crippen LogP contribution in [-0.4, -0.2) is 27.3 Å². The molecule has 17 heavy (non-hydrogen) atoms. The lowest BCUT2D eigenvalue weighted by Gasteiger charge is -2.05. The van der Waals surface area contributed by atoms with Crippen molar-refractivity contribution in [3.63, 3.8) is 0 Å². The largest absolute Gasteiger partial charge is 0.463 e. The van der Waals surface area contributed by atoms with Gasteiger partial charge in [-0.1, -0.05) is 38.5 Å². The summed E-state index contributed by atoms with van der Waals surface area (Å²) in [5, 5.41) is 0.653. The van der Waals surface area contributed by atoms with E-state index in [0.29, 0.717) is 17.8 Å². The molecular weight excluding hydrogens is 236 g/mol. The molecule has 0 unspecified atom stereocenters. The van der Waals surface area contributed by atoms with Gasteiger partial charge in [0.2, 0.25) is 5.95 Å². The van der Waals surface area contributed by atoms with Crippen molar-refractivity contribution in [3.05, 3.63) is 0 Å². The summed E-state index contributed by atoms with van der Waals surface area (Å²) >= 11 is 1.60. The zero-order chi connectivity index (χ0) is 12.5. The highest BCUT2D eigenvalue weighted by Gasteiger charge is 2.05. The molecule has 0 radical (unpaired) electrons. The van der Waals surface area contributed by atoms with Crippen LogP contribution < -0.4 is 10.5 Å². The van der Waals surface area contributed by atoms with Crippen LogP contribution in [0.5, 0.6) is 6.01 Å². The fraction of sp³-hybridized carbons (Fsp3) is 0.727. The average Bonchev–Trinajstić information content (AvgIpc) is 2.31. The lowest BCUT2D eigenvalue weighted by molar-refractivity contribution is 0.288. The number of nitrogens with two attached hydrogens (primary N) is 1. The molecule has 0 aliphatic heterocycles. The molecule has 0 amide bonds. The Morgan fingerprint density at radius 1 is 1.12 bits per heavy atom. The predicted molar refractivity (Wildman–Crippen MR) is 70.3 cm³/mol. The third-order valence-electron chi connectivity index (χ3n) is 2.03. The molecule has 1 heterocycles. The highest BCUT2D eigenvalue weighted by molar-refractivity contribution is 7.99. The fourth-order valence-corrected chi connectivity index (χ4v) is 2.02. The third kappa shape index (κ3) is 5.72. The topological polar surface area (TPSA) is 73.9 Å². The van der Waals surface area contributed by atoms with Crippen LogP contribution in [0.1, 0.15) is 39.5 Å². The highest BCUT2D eigenvalue weighted by Crippen LogP contribution is 2.18. The van der Waals surface area contributed by atoms with Gasteiger partial charge in [-0.2, -0.15) is 15.0 Å². The molecular formula is C11H20N4OS. The van der Waals surface area contributed by atoms with Crippen LogP contribution >= 0.6 is 11.8 Å². The lowest BCUT2D eigenvalue weighted by atomic mass is 10.3. The number of hydrogen-bond donors (Lipinski definition) is 1. The quantitative estimate of drug-likeness (QED) is 0.569. The molecule has 0 aliphatic carbocycles. The SMILES string of the molecule is CCCCCSc1nc(N)nc(OCCC)n1. The first kappa shape index (κ1) is 14.0. The Morgan fingerprint density at radius 3 is 2.65 bits per heavy atom. The summed E-state index contributed by atoms with van der Waals surface area (Å²) in [4.78, 5) is 12.2. The van der Waals surface area contributed by atoms with E-state index in [0.717, 1.165) is 18.6 Å². The molecule has 0 aromatic carbocycles. The van der Waals surface area contributed by atoms with Gasteiger partial charge in [0.05, 0.1) is 6.61 Å². The maximum Gasteiger partial charge on any atom is 0.322 e. The predicted octanol–water partition coefficient (Wildman–Crippen LogP) is 2.52. The maximum absolute atomic E-state index is 5.61. The lowest BCUT2D eigenvalue weighted by Crippen LogP contribution is -2.05. The van der Waals surface area contributed by atoms with Gasteiger partial charge >= 0.3 is 6.01 Å². The number of hydrogen-bond acceptors (Lipinski definition) is 6. The first-order chi connectivity index (χ1) is 8.26. The van der Waals surface area contributed by atoms with Crippen molar-refractivity contribution in [3.8, 4) is 6.01 Å². The van der Waals surface area contributed by atoms with E-state index in [4.69, 9.17) is 10.5 Å². The summed E-state index contributed by atoms with van der Waals surface area (Å²) in [5.41, 5.74) is 5.61. The minimum Gasteiger partial charge on any atom is -0.463 e. The van der Waals surface area contributed by atoms with Crippen LogP contribution in [-0.2, 0) is 0 Å². The van der Waals surface area contributed by atoms with Crippen molar-refractivity contribution in [2.45, 2.75) is 44.7 Å². The van der Waals surface area contributed by atoms with Crippen LogP contribution in [0.2, 0.25) is 0 Å². The molecule has 0 saturated heterocycles. The zero-order valence-electron chi connectivity index (χ0n) is 10.5. The van der Waals surface area contributed by atoms with E-state index in [1.165, 1.54) is 12.8 Å². The molecule has 0 atom stereocenters. The van der Waals surface area contributed by atoms with Gasteiger partial charge in [-0.05, 0) is 12.8 Å². The van der Waals surface area contributed by atoms with Crippen molar-refractivity contribution in [1.29, 1.82) is 0 Å². The van der Waals surface area contributed by atoms with E-state index >= 15 is 0 Å². The van der Waals surface area contributed by atoms with Crippen molar-refractivity contribution >= 4 is 17.7 Å². The van der Waals surface area contributed by atoms with Crippen LogP contribution in [0.25, 0.3) is 0 Å². The Kier molecular flexibility index (Phi) is 6.69. The van der Waals surface area contributed by atoms with Gasteiger partial charge in [0.25, 0.3) is 0 Å². The van der Waals surface area contributed by atoms with Crippen LogP contribution in [0.15, 0.2) is 5.16 Å². The minimum atomic E-state index is 0.226. The number of nitrogens with zero attached hydrogens (tertiary/aromatic N) is 3. The van der Waals surface area contributed by atoms with E-state index in [1.54, 1.807) is 11.8 Å². The second-order valence-corrected chi connectivity index (χ2v) is 4.72. The van der Waals surface area contributed by atoms with Crippen molar-refractivity contribution in [2.75, 3.05) is 18.1 Å². The average molecular weight is 256 g/mol. The number of nitrogen functional groups attached to an aromatic ring is 1. The van der Waals surface area contributed by atoms with E-state index < -0.39 is 0 Å². The third-order valence-corrected chi connectivity index (χ3v) is 2.96. The second-order valence-electron chi connectivity index (χ2n) is 3.66. The van der Waals surface area contributed by atoms with Crippen molar-refractivity contribution in [1.82, 2.24) is 15.0 Å². The number of aromatic nitrogens is 3. The fourth-order valence-electron chi connectivity index (χ4n) is 1.19. The maximum atomic E-state index is 5.61. The molecule has 0 aliphatic rings. The normalized spacial score (nSPS) is 10.5. The zero-order valence-corrected chi connectivity index (χ0v) is 11.3. The van der Waals surface area contributed by atoms with E-state index in [-0.39, 0.29) is 5.95 Å². The molecule has 6 heteroatoms. The van der Waals surface area contributed by atoms with Crippen molar-refractivity contribution < 1.29 is 4.74 Å². The van der Waals surface area contributed by atoms with Gasteiger partial charge in [-0.25, -0.2) is 0 Å². The van der Waals surface area contributed by atoms with Gasteiger partial charge in [0, 0.05) is 5.75 Å². The van der Waals surface area contributed by atoms with Gasteiger partial charge in [-0.3, -0.25) is 0 Å². The molecule has 1 rings (SSSR count). The summed E-state index contributed by atoms with van der Waals surface area (Å²) in [5.74, 6) is 1.23. The first-order valence-corrected chi connectivity index (χ1v) is 7.02. The summed E-state index contributed by atoms with van der Waals surface area (Å²) in [7, 11) is 0. The minimum absolute atomic E-state index is 0.226. The van der Waals surface area contributed by atoms with Crippen LogP contribution in [0, 0.1) is 0 Å². The smallest absolute Gasteiger partial charge is 0.322 e. The number of anilines is 1. The molecule has 1 aromatic rings. The summed E-state index contributed by atoms with van der Waals surface area (Å²) in [6.07, 6.45) is 4.53. The molecule has 0 fully saturated rings. The first-order valence-electron chi connectivity index (χ1n) is 6.03. The van der Waals surface area contributed by atoms with E-state index in [9.17, 15) is 0 Å². The second kappa shape index (κ2) is 8.11. The summed E-state index contributed by atoms with van der Waals surface area (Å²) in [6, 6.07) is 0.331. The highest BCUT2D eigenvalue weighted by atomic mass is 32.2. The molecule has 1 aromatic heterocycles. The van der Waals surface area contributed by atoms with Gasteiger partial charge < -0.3 is 10.5 Å². The molecule has 0 saturated carbocycles. The van der Waals surface area contributed by atoms with Gasteiger partial charge in [-0.15, -0.1) is 0 Å². The van der Waals surface area contributed by atoms with Crippen molar-refractivity contribution in [2.24, 2.45) is 0 Å². The summed E-state index contributed by atoms with van der Waals surface area (Å²) in [6.45, 7) is 4.82. The van der Waals surface area contributed by atoms with E-state index in [1.807, 2.05) is 6.92 Å². The molecule has 0 bridgehead atoms. The monoisotopic (exact) mass is 256 g/mol. The van der Waals surface area contributed by atoms with Gasteiger partial charge in [0.1, 0.15) is 0 Å². The van der Waals surface area contributed by atoms with Gasteiger partial charge in [0.15, 0.2) is 5.16 Å². The Bertz CT molecular complexity index is 335. The number of rotatable bonds is 8. The molecule has 2 N–H and O–H groups in total. The Labute approximate surface area is 107 Å². The van der Waals surface area contributed by atoms with Crippen LogP contribution in [0.4, 0.5) is 5.95 Å². The number of thioether (sulfide) groups is 1. The summed E-state index contributed by atoms with van der Waals surface area (Å²) < 4.78 is 5.35. The molecule has 0 spiro atoms. The van der Waals surface area contributed by atoms with Crippen LogP contribution in [0.3, 0.4) is 0 Å². The standard InChI is InChI=1S/C11H20N4OS/c1-3-5-6-8-17-11-14-9(12)13-10(15-11)16-7-4-2/h3-8H2,1-2H3,(H2,12,13,14,15). The Hall–Kier alpha value is -1.04. The van der Waals surface area contributed by atoms with E-state index in [2.05, 4.69) is 21.9 Å².